The van der Waals surface area contributed by atoms with E-state index in [1.165, 1.54) is 12.1 Å². The minimum absolute atomic E-state index is 0.0836. The van der Waals surface area contributed by atoms with Gasteiger partial charge in [-0.1, -0.05) is 12.1 Å². The lowest BCUT2D eigenvalue weighted by molar-refractivity contribution is -0.143. The van der Waals surface area contributed by atoms with Crippen LogP contribution in [0.5, 0.6) is 0 Å². The highest BCUT2D eigenvalue weighted by molar-refractivity contribution is 5.87. The molecule has 1 atom stereocenters. The fourth-order valence-corrected chi connectivity index (χ4v) is 1.39. The molecule has 0 aliphatic heterocycles. The molecule has 0 bridgehead atoms. The van der Waals surface area contributed by atoms with Crippen LogP contribution in [0.25, 0.3) is 0 Å². The third-order valence-corrected chi connectivity index (χ3v) is 2.28. The van der Waals surface area contributed by atoms with Crippen molar-refractivity contribution in [3.05, 3.63) is 35.4 Å². The summed E-state index contributed by atoms with van der Waals surface area (Å²) in [5.41, 5.74) is 6.71. The maximum absolute atomic E-state index is 11.2. The SMILES string of the molecule is CCOC(=O)C[C@H](N)c1ccc(C(=O)O)cc1. The summed E-state index contributed by atoms with van der Waals surface area (Å²) in [5.74, 6) is -1.35. The Morgan fingerprint density at radius 3 is 2.41 bits per heavy atom. The predicted octanol–water partition coefficient (Wildman–Crippen LogP) is 1.34. The Morgan fingerprint density at radius 2 is 1.94 bits per heavy atom. The molecule has 0 aromatic heterocycles. The van der Waals surface area contributed by atoms with Crippen LogP contribution in [0.3, 0.4) is 0 Å². The average molecular weight is 237 g/mol. The largest absolute Gasteiger partial charge is 0.478 e. The van der Waals surface area contributed by atoms with Gasteiger partial charge in [-0.15, -0.1) is 0 Å². The first-order valence-corrected chi connectivity index (χ1v) is 5.29. The molecule has 0 saturated heterocycles. The molecule has 92 valence electrons. The normalized spacial score (nSPS) is 11.9. The Morgan fingerprint density at radius 1 is 1.35 bits per heavy atom. The van der Waals surface area contributed by atoms with E-state index in [-0.39, 0.29) is 18.0 Å². The third kappa shape index (κ3) is 3.88. The molecule has 3 N–H and O–H groups in total. The van der Waals surface area contributed by atoms with E-state index in [0.29, 0.717) is 12.2 Å². The Bertz CT molecular complexity index is 399. The van der Waals surface area contributed by atoms with Gasteiger partial charge in [0, 0.05) is 6.04 Å². The summed E-state index contributed by atoms with van der Waals surface area (Å²) in [6, 6.07) is 5.66. The summed E-state index contributed by atoms with van der Waals surface area (Å²) in [7, 11) is 0. The topological polar surface area (TPSA) is 89.6 Å². The molecule has 5 nitrogen and oxygen atoms in total. The quantitative estimate of drug-likeness (QED) is 0.754. The lowest BCUT2D eigenvalue weighted by Crippen LogP contribution is -2.17. The van der Waals surface area contributed by atoms with Gasteiger partial charge in [0.15, 0.2) is 0 Å². The Kier molecular flexibility index (Phi) is 4.66. The summed E-state index contributed by atoms with van der Waals surface area (Å²) in [5, 5.41) is 8.72. The summed E-state index contributed by atoms with van der Waals surface area (Å²) in [6.07, 6.45) is 0.0836. The molecular weight excluding hydrogens is 222 g/mol. The van der Waals surface area contributed by atoms with Crippen molar-refractivity contribution >= 4 is 11.9 Å². The van der Waals surface area contributed by atoms with E-state index >= 15 is 0 Å². The zero-order valence-corrected chi connectivity index (χ0v) is 9.55. The molecular formula is C12H15NO4. The van der Waals surface area contributed by atoms with Gasteiger partial charge in [-0.25, -0.2) is 4.79 Å². The van der Waals surface area contributed by atoms with Crippen LogP contribution in [0, 0.1) is 0 Å². The van der Waals surface area contributed by atoms with Gasteiger partial charge in [-0.3, -0.25) is 4.79 Å². The summed E-state index contributed by atoms with van der Waals surface area (Å²) in [6.45, 7) is 2.05. The minimum atomic E-state index is -0.990. The van der Waals surface area contributed by atoms with Crippen molar-refractivity contribution in [2.45, 2.75) is 19.4 Å². The van der Waals surface area contributed by atoms with Crippen LogP contribution in [0.15, 0.2) is 24.3 Å². The molecule has 0 unspecified atom stereocenters. The van der Waals surface area contributed by atoms with Crippen molar-refractivity contribution in [3.8, 4) is 0 Å². The van der Waals surface area contributed by atoms with Crippen LogP contribution in [-0.4, -0.2) is 23.7 Å². The molecule has 1 rings (SSSR count). The first kappa shape index (κ1) is 13.2. The standard InChI is InChI=1S/C12H15NO4/c1-2-17-11(14)7-10(13)8-3-5-9(6-4-8)12(15)16/h3-6,10H,2,7,13H2,1H3,(H,15,16)/t10-/m0/s1. The first-order chi connectivity index (χ1) is 8.04. The molecule has 0 saturated carbocycles. The van der Waals surface area contributed by atoms with Crippen molar-refractivity contribution in [2.75, 3.05) is 6.61 Å². The molecule has 0 heterocycles. The fourth-order valence-electron chi connectivity index (χ4n) is 1.39. The van der Waals surface area contributed by atoms with Gasteiger partial charge < -0.3 is 15.6 Å². The van der Waals surface area contributed by atoms with Crippen molar-refractivity contribution < 1.29 is 19.4 Å². The number of benzene rings is 1. The number of hydrogen-bond acceptors (Lipinski definition) is 4. The molecule has 17 heavy (non-hydrogen) atoms. The van der Waals surface area contributed by atoms with Crippen LogP contribution >= 0.6 is 0 Å². The van der Waals surface area contributed by atoms with Gasteiger partial charge in [0.05, 0.1) is 18.6 Å². The molecule has 0 amide bonds. The lowest BCUT2D eigenvalue weighted by Gasteiger charge is -2.11. The van der Waals surface area contributed by atoms with Crippen LogP contribution in [-0.2, 0) is 9.53 Å². The molecule has 0 aliphatic carbocycles. The molecule has 0 radical (unpaired) electrons. The second-order valence-corrected chi connectivity index (χ2v) is 3.54. The fraction of sp³-hybridized carbons (Fsp3) is 0.333. The van der Waals surface area contributed by atoms with E-state index in [1.54, 1.807) is 19.1 Å². The van der Waals surface area contributed by atoms with Crippen molar-refractivity contribution in [1.82, 2.24) is 0 Å². The number of esters is 1. The Balaban J connectivity index is 2.66. The highest BCUT2D eigenvalue weighted by Gasteiger charge is 2.13. The number of carboxylic acids is 1. The van der Waals surface area contributed by atoms with Gasteiger partial charge in [0.1, 0.15) is 0 Å². The molecule has 0 spiro atoms. The first-order valence-electron chi connectivity index (χ1n) is 5.29. The second kappa shape index (κ2) is 6.00. The number of nitrogens with two attached hydrogens (primary N) is 1. The number of carboxylic acid groups (broad SMARTS) is 1. The second-order valence-electron chi connectivity index (χ2n) is 3.54. The number of carbonyl (C=O) groups excluding carboxylic acids is 1. The summed E-state index contributed by atoms with van der Waals surface area (Å²) >= 11 is 0. The minimum Gasteiger partial charge on any atom is -0.478 e. The van der Waals surface area contributed by atoms with E-state index in [4.69, 9.17) is 15.6 Å². The van der Waals surface area contributed by atoms with Crippen molar-refractivity contribution in [2.24, 2.45) is 5.73 Å². The number of aromatic carboxylic acids is 1. The number of carbonyl (C=O) groups is 2. The lowest BCUT2D eigenvalue weighted by atomic mass is 10.0. The third-order valence-electron chi connectivity index (χ3n) is 2.28. The van der Waals surface area contributed by atoms with Gasteiger partial charge in [-0.05, 0) is 24.6 Å². The van der Waals surface area contributed by atoms with Gasteiger partial charge in [0.2, 0.25) is 0 Å². The van der Waals surface area contributed by atoms with Gasteiger partial charge >= 0.3 is 11.9 Å². The molecule has 0 aliphatic rings. The van der Waals surface area contributed by atoms with Crippen LogP contribution in [0.2, 0.25) is 0 Å². The number of hydrogen-bond donors (Lipinski definition) is 2. The van der Waals surface area contributed by atoms with E-state index in [9.17, 15) is 9.59 Å². The van der Waals surface area contributed by atoms with Gasteiger partial charge in [0.25, 0.3) is 0 Å². The highest BCUT2D eigenvalue weighted by Crippen LogP contribution is 2.15. The monoisotopic (exact) mass is 237 g/mol. The smallest absolute Gasteiger partial charge is 0.335 e. The zero-order chi connectivity index (χ0) is 12.8. The average Bonchev–Trinajstić information content (AvgIpc) is 2.29. The molecule has 5 heteroatoms. The van der Waals surface area contributed by atoms with Crippen LogP contribution in [0.4, 0.5) is 0 Å². The highest BCUT2D eigenvalue weighted by atomic mass is 16.5. The van der Waals surface area contributed by atoms with Gasteiger partial charge in [-0.2, -0.15) is 0 Å². The van der Waals surface area contributed by atoms with Crippen molar-refractivity contribution in [3.63, 3.8) is 0 Å². The molecule has 1 aromatic carbocycles. The van der Waals surface area contributed by atoms with Crippen LogP contribution in [0.1, 0.15) is 35.3 Å². The Labute approximate surface area is 99.2 Å². The maximum Gasteiger partial charge on any atom is 0.335 e. The number of rotatable bonds is 5. The van der Waals surface area contributed by atoms with E-state index < -0.39 is 12.0 Å². The zero-order valence-electron chi connectivity index (χ0n) is 9.55. The summed E-state index contributed by atoms with van der Waals surface area (Å²) < 4.78 is 4.78. The summed E-state index contributed by atoms with van der Waals surface area (Å²) in [4.78, 5) is 21.8. The number of ether oxygens (including phenoxy) is 1. The van der Waals surface area contributed by atoms with E-state index in [0.717, 1.165) is 0 Å². The van der Waals surface area contributed by atoms with Crippen LogP contribution < -0.4 is 5.73 Å². The Hall–Kier alpha value is -1.88. The van der Waals surface area contributed by atoms with E-state index in [2.05, 4.69) is 0 Å². The maximum atomic E-state index is 11.2. The van der Waals surface area contributed by atoms with Crippen molar-refractivity contribution in [1.29, 1.82) is 0 Å². The molecule has 0 fully saturated rings. The van der Waals surface area contributed by atoms with E-state index in [1.807, 2.05) is 0 Å². The molecule has 1 aromatic rings. The predicted molar refractivity (Wildman–Crippen MR) is 61.6 cm³/mol.